The lowest BCUT2D eigenvalue weighted by atomic mass is 9.97. The molecule has 1 rings (SSSR count). The minimum absolute atomic E-state index is 0.0203. The Labute approximate surface area is 125 Å². The molecule has 1 amide bonds. The van der Waals surface area contributed by atoms with Crippen LogP contribution in [0.1, 0.15) is 44.6 Å². The third kappa shape index (κ3) is 5.45. The lowest BCUT2D eigenvalue weighted by Gasteiger charge is -2.16. The number of aliphatic carboxylic acids is 1. The van der Waals surface area contributed by atoms with Crippen molar-refractivity contribution in [2.24, 2.45) is 0 Å². The highest BCUT2D eigenvalue weighted by Crippen LogP contribution is 2.21. The number of amides is 1. The van der Waals surface area contributed by atoms with Crippen LogP contribution >= 0.6 is 0 Å². The van der Waals surface area contributed by atoms with Gasteiger partial charge >= 0.3 is 5.97 Å². The van der Waals surface area contributed by atoms with E-state index in [1.165, 1.54) is 0 Å². The summed E-state index contributed by atoms with van der Waals surface area (Å²) in [5.74, 6) is -0.433. The van der Waals surface area contributed by atoms with Crippen LogP contribution in [0.3, 0.4) is 0 Å². The highest BCUT2D eigenvalue weighted by molar-refractivity contribution is 5.83. The fourth-order valence-corrected chi connectivity index (χ4v) is 2.13. The fraction of sp³-hybridized carbons (Fsp3) is 0.500. The number of benzene rings is 1. The van der Waals surface area contributed by atoms with Crippen LogP contribution in [0.25, 0.3) is 0 Å². The molecule has 0 aromatic heterocycles. The van der Waals surface area contributed by atoms with Gasteiger partial charge in [0.2, 0.25) is 5.91 Å². The van der Waals surface area contributed by atoms with Gasteiger partial charge in [0.15, 0.2) is 0 Å². The Morgan fingerprint density at radius 2 is 1.90 bits per heavy atom. The van der Waals surface area contributed by atoms with Crippen LogP contribution in [0.5, 0.6) is 5.75 Å². The summed E-state index contributed by atoms with van der Waals surface area (Å²) in [5.41, 5.74) is 1.02. The predicted octanol–water partition coefficient (Wildman–Crippen LogP) is 2.56. The van der Waals surface area contributed by atoms with E-state index in [9.17, 15) is 9.59 Å². The van der Waals surface area contributed by atoms with Crippen molar-refractivity contribution in [1.82, 2.24) is 5.32 Å². The van der Waals surface area contributed by atoms with Gasteiger partial charge in [0.1, 0.15) is 11.8 Å². The number of nitrogens with one attached hydrogen (secondary N) is 1. The zero-order valence-corrected chi connectivity index (χ0v) is 12.8. The molecule has 0 bridgehead atoms. The van der Waals surface area contributed by atoms with E-state index in [2.05, 4.69) is 5.32 Å². The first-order valence-electron chi connectivity index (χ1n) is 7.14. The Bertz CT molecular complexity index is 470. The average Bonchev–Trinajstić information content (AvgIpc) is 2.46. The molecule has 0 saturated heterocycles. The molecule has 2 atom stereocenters. The van der Waals surface area contributed by atoms with Gasteiger partial charge < -0.3 is 15.2 Å². The lowest BCUT2D eigenvalue weighted by molar-refractivity contribution is -0.142. The second-order valence-electron chi connectivity index (χ2n) is 5.13. The molecule has 0 aliphatic rings. The number of methoxy groups -OCH3 is 1. The molecule has 116 valence electrons. The van der Waals surface area contributed by atoms with Crippen LogP contribution in [0.15, 0.2) is 24.3 Å². The third-order valence-corrected chi connectivity index (χ3v) is 3.39. The molecule has 5 nitrogen and oxygen atoms in total. The van der Waals surface area contributed by atoms with E-state index in [4.69, 9.17) is 9.84 Å². The number of carbonyl (C=O) groups is 2. The Kier molecular flexibility index (Phi) is 6.72. The van der Waals surface area contributed by atoms with E-state index in [0.717, 1.165) is 11.3 Å². The molecule has 0 aliphatic carbocycles. The van der Waals surface area contributed by atoms with Crippen molar-refractivity contribution >= 4 is 11.9 Å². The van der Waals surface area contributed by atoms with Crippen LogP contribution in [0, 0.1) is 0 Å². The number of carboxylic acids is 1. The maximum Gasteiger partial charge on any atom is 0.326 e. The standard InChI is InChI=1S/C16H23NO4/c1-4-5-14(16(19)20)17-15(18)10-11(2)12-6-8-13(21-3)9-7-12/h6-9,11,14H,4-5,10H2,1-3H3,(H,17,18)(H,19,20). The van der Waals surface area contributed by atoms with Crippen LogP contribution in [0.4, 0.5) is 0 Å². The van der Waals surface area contributed by atoms with E-state index in [0.29, 0.717) is 12.8 Å². The normalized spacial score (nSPS) is 13.3. The van der Waals surface area contributed by atoms with Gasteiger partial charge in [0.25, 0.3) is 0 Å². The number of hydrogen-bond donors (Lipinski definition) is 2. The molecule has 0 spiro atoms. The van der Waals surface area contributed by atoms with Crippen LogP contribution < -0.4 is 10.1 Å². The van der Waals surface area contributed by atoms with Gasteiger partial charge in [-0.25, -0.2) is 4.79 Å². The molecular formula is C16H23NO4. The molecule has 21 heavy (non-hydrogen) atoms. The summed E-state index contributed by atoms with van der Waals surface area (Å²) in [4.78, 5) is 23.0. The number of rotatable bonds is 8. The van der Waals surface area contributed by atoms with Gasteiger partial charge in [-0.15, -0.1) is 0 Å². The zero-order valence-electron chi connectivity index (χ0n) is 12.8. The predicted molar refractivity (Wildman–Crippen MR) is 80.5 cm³/mol. The number of carboxylic acid groups (broad SMARTS) is 1. The molecule has 1 aromatic rings. The summed E-state index contributed by atoms with van der Waals surface area (Å²) in [6.07, 6.45) is 1.42. The first kappa shape index (κ1) is 17.0. The molecule has 0 fully saturated rings. The van der Waals surface area contributed by atoms with E-state index < -0.39 is 12.0 Å². The SMILES string of the molecule is CCCC(NC(=O)CC(C)c1ccc(OC)cc1)C(=O)O. The first-order chi connectivity index (χ1) is 9.97. The van der Waals surface area contributed by atoms with Gasteiger partial charge in [-0.3, -0.25) is 4.79 Å². The summed E-state index contributed by atoms with van der Waals surface area (Å²) in [6.45, 7) is 3.83. The molecule has 0 radical (unpaired) electrons. The van der Waals surface area contributed by atoms with Gasteiger partial charge in [0, 0.05) is 6.42 Å². The third-order valence-electron chi connectivity index (χ3n) is 3.39. The van der Waals surface area contributed by atoms with Crippen molar-refractivity contribution < 1.29 is 19.4 Å². The largest absolute Gasteiger partial charge is 0.497 e. The maximum atomic E-state index is 11.9. The summed E-state index contributed by atoms with van der Waals surface area (Å²) in [7, 11) is 1.60. The van der Waals surface area contributed by atoms with Crippen molar-refractivity contribution in [2.75, 3.05) is 7.11 Å². The highest BCUT2D eigenvalue weighted by Gasteiger charge is 2.20. The number of hydrogen-bond acceptors (Lipinski definition) is 3. The second kappa shape index (κ2) is 8.29. The molecule has 2 N–H and O–H groups in total. The van der Waals surface area contributed by atoms with Gasteiger partial charge in [-0.2, -0.15) is 0 Å². The van der Waals surface area contributed by atoms with Crippen LogP contribution in [-0.4, -0.2) is 30.1 Å². The van der Waals surface area contributed by atoms with Crippen molar-refractivity contribution in [2.45, 2.75) is 45.1 Å². The summed E-state index contributed by atoms with van der Waals surface area (Å²) >= 11 is 0. The number of ether oxygens (including phenoxy) is 1. The van der Waals surface area contributed by atoms with Crippen molar-refractivity contribution in [3.05, 3.63) is 29.8 Å². The summed E-state index contributed by atoms with van der Waals surface area (Å²) in [5, 5.41) is 11.6. The quantitative estimate of drug-likeness (QED) is 0.772. The molecule has 2 unspecified atom stereocenters. The van der Waals surface area contributed by atoms with Crippen molar-refractivity contribution in [1.29, 1.82) is 0 Å². The van der Waals surface area contributed by atoms with E-state index in [-0.39, 0.29) is 18.2 Å². The van der Waals surface area contributed by atoms with E-state index >= 15 is 0 Å². The topological polar surface area (TPSA) is 75.6 Å². The minimum Gasteiger partial charge on any atom is -0.497 e. The monoisotopic (exact) mass is 293 g/mol. The summed E-state index contributed by atoms with van der Waals surface area (Å²) < 4.78 is 5.09. The van der Waals surface area contributed by atoms with Crippen LogP contribution in [-0.2, 0) is 9.59 Å². The average molecular weight is 293 g/mol. The molecule has 0 heterocycles. The minimum atomic E-state index is -0.984. The smallest absolute Gasteiger partial charge is 0.326 e. The molecule has 0 aliphatic heterocycles. The Morgan fingerprint density at radius 1 is 1.29 bits per heavy atom. The number of carbonyl (C=O) groups excluding carboxylic acids is 1. The second-order valence-corrected chi connectivity index (χ2v) is 5.13. The first-order valence-corrected chi connectivity index (χ1v) is 7.14. The van der Waals surface area contributed by atoms with Crippen molar-refractivity contribution in [3.8, 4) is 5.75 Å². The molecule has 5 heteroatoms. The van der Waals surface area contributed by atoms with E-state index in [1.54, 1.807) is 7.11 Å². The van der Waals surface area contributed by atoms with Crippen LogP contribution in [0.2, 0.25) is 0 Å². The Hall–Kier alpha value is -2.04. The van der Waals surface area contributed by atoms with Gasteiger partial charge in [-0.05, 0) is 30.0 Å². The summed E-state index contributed by atoms with van der Waals surface area (Å²) in [6, 6.07) is 6.72. The fourth-order valence-electron chi connectivity index (χ4n) is 2.13. The van der Waals surface area contributed by atoms with Gasteiger partial charge in [0.05, 0.1) is 7.11 Å². The molecular weight excluding hydrogens is 270 g/mol. The highest BCUT2D eigenvalue weighted by atomic mass is 16.5. The zero-order chi connectivity index (χ0) is 15.8. The maximum absolute atomic E-state index is 11.9. The Balaban J connectivity index is 2.58. The lowest BCUT2D eigenvalue weighted by Crippen LogP contribution is -2.40. The van der Waals surface area contributed by atoms with Gasteiger partial charge in [-0.1, -0.05) is 32.4 Å². The Morgan fingerprint density at radius 3 is 2.38 bits per heavy atom. The van der Waals surface area contributed by atoms with Crippen molar-refractivity contribution in [3.63, 3.8) is 0 Å². The molecule has 1 aromatic carbocycles. The molecule has 0 saturated carbocycles. The van der Waals surface area contributed by atoms with E-state index in [1.807, 2.05) is 38.1 Å².